The zero-order valence-corrected chi connectivity index (χ0v) is 18.2. The lowest BCUT2D eigenvalue weighted by molar-refractivity contribution is -0.127. The summed E-state index contributed by atoms with van der Waals surface area (Å²) in [6.07, 6.45) is 0. The van der Waals surface area contributed by atoms with E-state index in [0.29, 0.717) is 31.2 Å². The Morgan fingerprint density at radius 2 is 1.66 bits per heavy atom. The fourth-order valence-corrected chi connectivity index (χ4v) is 5.16. The molecule has 0 spiro atoms. The maximum atomic E-state index is 12.8. The summed E-state index contributed by atoms with van der Waals surface area (Å²) in [5.74, 6) is -0.0625. The van der Waals surface area contributed by atoms with E-state index < -0.39 is 10.0 Å². The lowest BCUT2D eigenvalue weighted by atomic mass is 10.1. The number of halogens is 1. The van der Waals surface area contributed by atoms with Crippen molar-refractivity contribution in [3.63, 3.8) is 0 Å². The second kappa shape index (κ2) is 9.26. The molecule has 0 radical (unpaired) electrons. The molecule has 2 aromatic carbocycles. The molecule has 6 nitrogen and oxygen atoms in total. The van der Waals surface area contributed by atoms with Crippen LogP contribution in [0.2, 0.25) is 5.02 Å². The predicted octanol–water partition coefficient (Wildman–Crippen LogP) is 2.91. The second-order valence-corrected chi connectivity index (χ2v) is 9.59. The Morgan fingerprint density at radius 3 is 2.28 bits per heavy atom. The molecule has 1 aliphatic rings. The Bertz CT molecular complexity index is 945. The Balaban J connectivity index is 1.57. The maximum Gasteiger partial charge on any atom is 0.243 e. The summed E-state index contributed by atoms with van der Waals surface area (Å²) in [5.41, 5.74) is 1.05. The molecule has 0 saturated carbocycles. The Labute approximate surface area is 177 Å². The standard InChI is InChI=1S/C21H26ClN3O3S/c1-16(18-7-4-3-5-8-18)23-21(26)17(2)24-11-13-25(14-12-24)29(27,28)20-10-6-9-19(22)15-20/h3-10,15-17H,11-14H2,1-2H3,(H,23,26). The van der Waals surface area contributed by atoms with Crippen LogP contribution >= 0.6 is 11.6 Å². The van der Waals surface area contributed by atoms with E-state index in [1.54, 1.807) is 18.2 Å². The Morgan fingerprint density at radius 1 is 1.00 bits per heavy atom. The molecule has 1 N–H and O–H groups in total. The lowest BCUT2D eigenvalue weighted by Gasteiger charge is -2.37. The number of sulfonamides is 1. The lowest BCUT2D eigenvalue weighted by Crippen LogP contribution is -2.55. The van der Waals surface area contributed by atoms with Crippen LogP contribution in [0.5, 0.6) is 0 Å². The highest BCUT2D eigenvalue weighted by Crippen LogP contribution is 2.21. The number of rotatable bonds is 6. The first-order chi connectivity index (χ1) is 13.8. The predicted molar refractivity (Wildman–Crippen MR) is 114 cm³/mol. The van der Waals surface area contributed by atoms with Crippen LogP contribution in [0.4, 0.5) is 0 Å². The van der Waals surface area contributed by atoms with Gasteiger partial charge in [0.15, 0.2) is 0 Å². The van der Waals surface area contributed by atoms with Gasteiger partial charge in [-0.3, -0.25) is 9.69 Å². The van der Waals surface area contributed by atoms with Crippen LogP contribution in [-0.2, 0) is 14.8 Å². The van der Waals surface area contributed by atoms with Gasteiger partial charge in [0.25, 0.3) is 0 Å². The minimum absolute atomic E-state index is 0.0625. The number of benzene rings is 2. The van der Waals surface area contributed by atoms with E-state index in [1.165, 1.54) is 10.4 Å². The number of carbonyl (C=O) groups excluding carboxylic acids is 1. The van der Waals surface area contributed by atoms with Crippen molar-refractivity contribution in [2.24, 2.45) is 0 Å². The van der Waals surface area contributed by atoms with Crippen LogP contribution < -0.4 is 5.32 Å². The molecule has 29 heavy (non-hydrogen) atoms. The quantitative estimate of drug-likeness (QED) is 0.757. The van der Waals surface area contributed by atoms with Crippen molar-refractivity contribution in [1.82, 2.24) is 14.5 Å². The van der Waals surface area contributed by atoms with Crippen molar-refractivity contribution >= 4 is 27.5 Å². The number of nitrogens with zero attached hydrogens (tertiary/aromatic N) is 2. The van der Waals surface area contributed by atoms with Crippen LogP contribution in [0.3, 0.4) is 0 Å². The number of piperazine rings is 1. The summed E-state index contributed by atoms with van der Waals surface area (Å²) in [7, 11) is -3.59. The van der Waals surface area contributed by atoms with Gasteiger partial charge in [0.2, 0.25) is 15.9 Å². The maximum absolute atomic E-state index is 12.8. The van der Waals surface area contributed by atoms with Crippen LogP contribution in [0.15, 0.2) is 59.5 Å². The average molecular weight is 436 g/mol. The largest absolute Gasteiger partial charge is 0.348 e. The molecule has 0 aromatic heterocycles. The topological polar surface area (TPSA) is 69.7 Å². The minimum Gasteiger partial charge on any atom is -0.348 e. The molecule has 1 aliphatic heterocycles. The third-order valence-electron chi connectivity index (χ3n) is 5.29. The third-order valence-corrected chi connectivity index (χ3v) is 7.42. The molecule has 3 rings (SSSR count). The summed E-state index contributed by atoms with van der Waals surface area (Å²) in [4.78, 5) is 14.9. The number of nitrogens with one attached hydrogen (secondary N) is 1. The fraction of sp³-hybridized carbons (Fsp3) is 0.381. The Hall–Kier alpha value is -1.93. The van der Waals surface area contributed by atoms with Crippen LogP contribution in [0.1, 0.15) is 25.5 Å². The van der Waals surface area contributed by atoms with E-state index in [1.807, 2.05) is 49.1 Å². The average Bonchev–Trinajstić information content (AvgIpc) is 2.74. The van der Waals surface area contributed by atoms with Crippen molar-refractivity contribution in [3.05, 3.63) is 65.2 Å². The van der Waals surface area contributed by atoms with E-state index in [-0.39, 0.29) is 22.9 Å². The van der Waals surface area contributed by atoms with Gasteiger partial charge in [-0.2, -0.15) is 4.31 Å². The minimum atomic E-state index is -3.59. The molecule has 8 heteroatoms. The molecule has 2 atom stereocenters. The van der Waals surface area contributed by atoms with E-state index in [4.69, 9.17) is 11.6 Å². The van der Waals surface area contributed by atoms with Gasteiger partial charge in [-0.1, -0.05) is 48.0 Å². The van der Waals surface area contributed by atoms with Crippen LogP contribution in [0, 0.1) is 0 Å². The zero-order chi connectivity index (χ0) is 21.0. The molecular weight excluding hydrogens is 410 g/mol. The van der Waals surface area contributed by atoms with Gasteiger partial charge in [0.05, 0.1) is 17.0 Å². The van der Waals surface area contributed by atoms with Gasteiger partial charge in [0.1, 0.15) is 0 Å². The van der Waals surface area contributed by atoms with Gasteiger partial charge in [-0.15, -0.1) is 0 Å². The zero-order valence-electron chi connectivity index (χ0n) is 16.6. The van der Waals surface area contributed by atoms with Gasteiger partial charge >= 0.3 is 0 Å². The highest BCUT2D eigenvalue weighted by molar-refractivity contribution is 7.89. The Kier molecular flexibility index (Phi) is 6.95. The molecule has 0 aliphatic carbocycles. The van der Waals surface area contributed by atoms with Crippen molar-refractivity contribution in [2.75, 3.05) is 26.2 Å². The summed E-state index contributed by atoms with van der Waals surface area (Å²) < 4.78 is 27.1. The van der Waals surface area contributed by atoms with Gasteiger partial charge < -0.3 is 5.32 Å². The van der Waals surface area contributed by atoms with E-state index in [2.05, 4.69) is 5.32 Å². The number of amides is 1. The number of hydrogen-bond donors (Lipinski definition) is 1. The monoisotopic (exact) mass is 435 g/mol. The molecule has 1 amide bonds. The molecule has 0 bridgehead atoms. The van der Waals surface area contributed by atoms with Gasteiger partial charge in [0, 0.05) is 31.2 Å². The van der Waals surface area contributed by atoms with Gasteiger partial charge in [-0.05, 0) is 37.6 Å². The molecule has 2 aromatic rings. The highest BCUT2D eigenvalue weighted by atomic mass is 35.5. The first-order valence-corrected chi connectivity index (χ1v) is 11.5. The fourth-order valence-electron chi connectivity index (χ4n) is 3.43. The van der Waals surface area contributed by atoms with E-state index in [9.17, 15) is 13.2 Å². The normalized spacial score (nSPS) is 18.2. The molecule has 1 fully saturated rings. The van der Waals surface area contributed by atoms with Crippen molar-refractivity contribution in [2.45, 2.75) is 30.8 Å². The third kappa shape index (κ3) is 5.17. The van der Waals surface area contributed by atoms with E-state index >= 15 is 0 Å². The van der Waals surface area contributed by atoms with Crippen molar-refractivity contribution in [3.8, 4) is 0 Å². The van der Waals surface area contributed by atoms with E-state index in [0.717, 1.165) is 5.56 Å². The highest BCUT2D eigenvalue weighted by Gasteiger charge is 2.32. The second-order valence-electron chi connectivity index (χ2n) is 7.21. The first-order valence-electron chi connectivity index (χ1n) is 9.64. The van der Waals surface area contributed by atoms with Crippen LogP contribution in [-0.4, -0.2) is 55.8 Å². The number of hydrogen-bond acceptors (Lipinski definition) is 4. The summed E-state index contributed by atoms with van der Waals surface area (Å²) in [5, 5.41) is 3.43. The first kappa shape index (κ1) is 21.8. The SMILES string of the molecule is CC(NC(=O)C(C)N1CCN(S(=O)(=O)c2cccc(Cl)c2)CC1)c1ccccc1. The summed E-state index contributed by atoms with van der Waals surface area (Å²) >= 11 is 5.94. The number of carbonyl (C=O) groups is 1. The van der Waals surface area contributed by atoms with Crippen molar-refractivity contribution < 1.29 is 13.2 Å². The molecule has 1 heterocycles. The summed E-state index contributed by atoms with van der Waals surface area (Å²) in [6.45, 7) is 5.47. The summed E-state index contributed by atoms with van der Waals surface area (Å²) in [6, 6.07) is 15.7. The molecule has 2 unspecified atom stereocenters. The van der Waals surface area contributed by atoms with Crippen molar-refractivity contribution in [1.29, 1.82) is 0 Å². The molecule has 1 saturated heterocycles. The van der Waals surface area contributed by atoms with Gasteiger partial charge in [-0.25, -0.2) is 8.42 Å². The smallest absolute Gasteiger partial charge is 0.243 e. The molecule has 156 valence electrons. The van der Waals surface area contributed by atoms with Crippen LogP contribution in [0.25, 0.3) is 0 Å². The molecular formula is C21H26ClN3O3S.